The number of nitrogens with zero attached hydrogens (tertiary/aromatic N) is 2. The van der Waals surface area contributed by atoms with Gasteiger partial charge in [-0.05, 0) is 27.0 Å². The summed E-state index contributed by atoms with van der Waals surface area (Å²) in [6.07, 6.45) is 0. The van der Waals surface area contributed by atoms with Crippen molar-refractivity contribution in [2.45, 2.75) is 13.8 Å². The third-order valence-corrected chi connectivity index (χ3v) is 2.65. The van der Waals surface area contributed by atoms with E-state index in [1.807, 2.05) is 14.0 Å². The number of hydrogen-bond acceptors (Lipinski definition) is 5. The van der Waals surface area contributed by atoms with E-state index in [1.54, 1.807) is 13.0 Å². The summed E-state index contributed by atoms with van der Waals surface area (Å²) in [4.78, 5) is 16.3. The lowest BCUT2D eigenvalue weighted by Crippen LogP contribution is -2.30. The largest absolute Gasteiger partial charge is 0.351 e. The Morgan fingerprint density at radius 3 is 2.79 bits per heavy atom. The highest BCUT2D eigenvalue weighted by molar-refractivity contribution is 6.06. The highest BCUT2D eigenvalue weighted by Gasteiger charge is 2.17. The number of carbonyl (C=O) groups excluding carboxylic acids is 1. The normalized spacial score (nSPS) is 10.3. The van der Waals surface area contributed by atoms with Gasteiger partial charge in [0.2, 0.25) is 0 Å². The number of carbonyl (C=O) groups is 1. The van der Waals surface area contributed by atoms with Crippen molar-refractivity contribution >= 4 is 29.4 Å². The van der Waals surface area contributed by atoms with Crippen LogP contribution in [0.15, 0.2) is 10.6 Å². The van der Waals surface area contributed by atoms with Crippen LogP contribution in [0.25, 0.3) is 11.1 Å². The Kier molecular flexibility index (Phi) is 5.26. The molecule has 0 atom stereocenters. The zero-order valence-corrected chi connectivity index (χ0v) is 11.9. The van der Waals surface area contributed by atoms with Crippen LogP contribution >= 0.6 is 12.4 Å². The smallest absolute Gasteiger partial charge is 0.258 e. The lowest BCUT2D eigenvalue weighted by atomic mass is 10.1. The molecule has 0 aromatic carbocycles. The first-order chi connectivity index (χ1) is 8.63. The van der Waals surface area contributed by atoms with Gasteiger partial charge in [-0.25, -0.2) is 4.98 Å². The molecular weight excluding hydrogens is 268 g/mol. The molecule has 19 heavy (non-hydrogen) atoms. The molecule has 2 rings (SSSR count). The van der Waals surface area contributed by atoms with Crippen molar-refractivity contribution in [2.24, 2.45) is 0 Å². The van der Waals surface area contributed by atoms with Crippen LogP contribution in [-0.2, 0) is 0 Å². The molecule has 0 saturated carbocycles. The summed E-state index contributed by atoms with van der Waals surface area (Å²) in [7, 11) is 1.84. The van der Waals surface area contributed by atoms with Gasteiger partial charge in [-0.1, -0.05) is 5.16 Å². The minimum atomic E-state index is -0.132. The molecule has 2 aromatic rings. The van der Waals surface area contributed by atoms with E-state index in [0.717, 1.165) is 12.2 Å². The first-order valence-electron chi connectivity index (χ1n) is 5.80. The van der Waals surface area contributed by atoms with Crippen molar-refractivity contribution in [3.05, 3.63) is 23.0 Å². The minimum absolute atomic E-state index is 0. The molecule has 2 heterocycles. The molecule has 0 radical (unpaired) electrons. The summed E-state index contributed by atoms with van der Waals surface area (Å²) >= 11 is 0. The van der Waals surface area contributed by atoms with E-state index in [4.69, 9.17) is 4.52 Å². The second-order valence-corrected chi connectivity index (χ2v) is 4.12. The van der Waals surface area contributed by atoms with E-state index in [0.29, 0.717) is 28.9 Å². The average Bonchev–Trinajstić information content (AvgIpc) is 2.70. The molecular formula is C12H17ClN4O2. The minimum Gasteiger partial charge on any atom is -0.351 e. The van der Waals surface area contributed by atoms with Gasteiger partial charge in [0.15, 0.2) is 0 Å². The monoisotopic (exact) mass is 284 g/mol. The highest BCUT2D eigenvalue weighted by Crippen LogP contribution is 2.21. The van der Waals surface area contributed by atoms with Gasteiger partial charge in [0.1, 0.15) is 0 Å². The van der Waals surface area contributed by atoms with Crippen LogP contribution in [0, 0.1) is 13.8 Å². The number of fused-ring (bicyclic) bond motifs is 1. The Labute approximate surface area is 117 Å². The van der Waals surface area contributed by atoms with E-state index in [9.17, 15) is 4.79 Å². The van der Waals surface area contributed by atoms with E-state index < -0.39 is 0 Å². The molecule has 0 unspecified atom stereocenters. The van der Waals surface area contributed by atoms with E-state index >= 15 is 0 Å². The lowest BCUT2D eigenvalue weighted by Gasteiger charge is -2.06. The quantitative estimate of drug-likeness (QED) is 0.825. The fraction of sp³-hybridized carbons (Fsp3) is 0.417. The molecule has 0 bridgehead atoms. The second kappa shape index (κ2) is 6.49. The van der Waals surface area contributed by atoms with Crippen molar-refractivity contribution in [3.8, 4) is 0 Å². The number of pyridine rings is 1. The fourth-order valence-electron chi connectivity index (χ4n) is 1.79. The summed E-state index contributed by atoms with van der Waals surface area (Å²) in [5.41, 5.74) is 2.38. The van der Waals surface area contributed by atoms with Gasteiger partial charge < -0.3 is 15.2 Å². The molecule has 2 aromatic heterocycles. The number of nitrogens with one attached hydrogen (secondary N) is 2. The Bertz CT molecular complexity index is 582. The number of amides is 1. The molecule has 0 aliphatic rings. The summed E-state index contributed by atoms with van der Waals surface area (Å²) in [5.74, 6) is -0.132. The van der Waals surface area contributed by atoms with Gasteiger partial charge >= 0.3 is 0 Å². The number of hydrogen-bond donors (Lipinski definition) is 2. The number of aryl methyl sites for hydroxylation is 2. The second-order valence-electron chi connectivity index (χ2n) is 4.12. The third-order valence-electron chi connectivity index (χ3n) is 2.65. The number of rotatable bonds is 4. The maximum Gasteiger partial charge on any atom is 0.258 e. The standard InChI is InChI=1S/C12H16N4O2.ClH/c1-7-6-9(11(17)14-5-4-13-3)10-8(2)16-18-12(10)15-7;/h6,13H,4-5H2,1-3H3,(H,14,17);1H. The summed E-state index contributed by atoms with van der Waals surface area (Å²) in [5, 5.41) is 10.3. The van der Waals surface area contributed by atoms with E-state index in [2.05, 4.69) is 20.8 Å². The first-order valence-corrected chi connectivity index (χ1v) is 5.80. The molecule has 7 heteroatoms. The van der Waals surface area contributed by atoms with Crippen molar-refractivity contribution in [3.63, 3.8) is 0 Å². The molecule has 104 valence electrons. The van der Waals surface area contributed by atoms with Gasteiger partial charge in [0, 0.05) is 18.8 Å². The van der Waals surface area contributed by atoms with Gasteiger partial charge in [-0.15, -0.1) is 12.4 Å². The van der Waals surface area contributed by atoms with Crippen molar-refractivity contribution < 1.29 is 9.32 Å². The molecule has 0 aliphatic heterocycles. The topological polar surface area (TPSA) is 80.0 Å². The van der Waals surface area contributed by atoms with Crippen LogP contribution in [0.1, 0.15) is 21.7 Å². The Balaban J connectivity index is 0.00000180. The SMILES string of the molecule is CNCCNC(=O)c1cc(C)nc2onc(C)c12.Cl. The Hall–Kier alpha value is -1.66. The van der Waals surface area contributed by atoms with Gasteiger partial charge in [0.25, 0.3) is 11.6 Å². The number of likely N-dealkylation sites (N-methyl/N-ethyl adjacent to an activating group) is 1. The summed E-state index contributed by atoms with van der Waals surface area (Å²) < 4.78 is 5.09. The summed E-state index contributed by atoms with van der Waals surface area (Å²) in [6.45, 7) is 4.92. The molecule has 0 saturated heterocycles. The number of halogens is 1. The van der Waals surface area contributed by atoms with Gasteiger partial charge in [0.05, 0.1) is 16.6 Å². The predicted molar refractivity (Wildman–Crippen MR) is 74.8 cm³/mol. The highest BCUT2D eigenvalue weighted by atomic mass is 35.5. The molecule has 2 N–H and O–H groups in total. The molecule has 1 amide bonds. The maximum atomic E-state index is 12.1. The zero-order valence-electron chi connectivity index (χ0n) is 11.1. The van der Waals surface area contributed by atoms with Crippen LogP contribution in [0.2, 0.25) is 0 Å². The van der Waals surface area contributed by atoms with Crippen LogP contribution in [-0.4, -0.2) is 36.2 Å². The van der Waals surface area contributed by atoms with E-state index in [-0.39, 0.29) is 18.3 Å². The predicted octanol–water partition coefficient (Wildman–Crippen LogP) is 1.21. The molecule has 0 aliphatic carbocycles. The summed E-state index contributed by atoms with van der Waals surface area (Å²) in [6, 6.07) is 1.75. The van der Waals surface area contributed by atoms with Crippen LogP contribution < -0.4 is 10.6 Å². The molecule has 0 fully saturated rings. The van der Waals surface area contributed by atoms with Gasteiger partial charge in [-0.2, -0.15) is 0 Å². The van der Waals surface area contributed by atoms with Crippen molar-refractivity contribution in [2.75, 3.05) is 20.1 Å². The maximum absolute atomic E-state index is 12.1. The lowest BCUT2D eigenvalue weighted by molar-refractivity contribution is 0.0955. The zero-order chi connectivity index (χ0) is 13.1. The molecule has 0 spiro atoms. The van der Waals surface area contributed by atoms with E-state index in [1.165, 1.54) is 0 Å². The molecule has 6 nitrogen and oxygen atoms in total. The average molecular weight is 285 g/mol. The third kappa shape index (κ3) is 3.21. The van der Waals surface area contributed by atoms with Crippen molar-refractivity contribution in [1.82, 2.24) is 20.8 Å². The van der Waals surface area contributed by atoms with Crippen molar-refractivity contribution in [1.29, 1.82) is 0 Å². The van der Waals surface area contributed by atoms with Crippen LogP contribution in [0.4, 0.5) is 0 Å². The number of aromatic nitrogens is 2. The first kappa shape index (κ1) is 15.4. The Morgan fingerprint density at radius 1 is 1.37 bits per heavy atom. The van der Waals surface area contributed by atoms with Crippen LogP contribution in [0.3, 0.4) is 0 Å². The fourth-order valence-corrected chi connectivity index (χ4v) is 1.79. The van der Waals surface area contributed by atoms with Crippen LogP contribution in [0.5, 0.6) is 0 Å². The Morgan fingerprint density at radius 2 is 2.11 bits per heavy atom. The van der Waals surface area contributed by atoms with Gasteiger partial charge in [-0.3, -0.25) is 4.79 Å².